The van der Waals surface area contributed by atoms with Crippen molar-refractivity contribution in [2.45, 2.75) is 0 Å². The summed E-state index contributed by atoms with van der Waals surface area (Å²) in [6, 6.07) is 0. The summed E-state index contributed by atoms with van der Waals surface area (Å²) < 4.78 is 8.33. The Bertz CT molecular complexity index is 11.5. The standard InChI is InChI=1S/Ca.H2O.O.W.2H/h;1H2;;;;/q+2;;;;2*-1. The molecule has 0 aliphatic carbocycles. The van der Waals surface area contributed by atoms with Gasteiger partial charge in [-0.3, -0.25) is 0 Å². The Balaban J connectivity index is -0.000000000833. The Hall–Kier alpha value is 1.71. The van der Waals surface area contributed by atoms with Crippen molar-refractivity contribution in [2.24, 2.45) is 0 Å². The molecule has 0 radical (unpaired) electrons. The second-order valence-electron chi connectivity index (χ2n) is 0. The first-order chi connectivity index (χ1) is 1.00. The maximum absolute atomic E-state index is 8.33. The van der Waals surface area contributed by atoms with Crippen LogP contribution in [0.5, 0.6) is 0 Å². The molecule has 0 aromatic heterocycles. The molecule has 0 aromatic rings. The van der Waals surface area contributed by atoms with Crippen molar-refractivity contribution in [2.75, 3.05) is 0 Å². The van der Waals surface area contributed by atoms with Crippen LogP contribution in [-0.2, 0) is 23.2 Å². The van der Waals surface area contributed by atoms with Crippen LogP contribution in [0.1, 0.15) is 2.85 Å². The molecule has 0 saturated carbocycles. The third-order valence-electron chi connectivity index (χ3n) is 0. The summed E-state index contributed by atoms with van der Waals surface area (Å²) in [5.74, 6) is 0. The van der Waals surface area contributed by atoms with Crippen LogP contribution < -0.4 is 0 Å². The molecule has 0 aromatic carbocycles. The molecule has 0 amide bonds. The zero-order valence-corrected chi connectivity index (χ0v) is 7.17. The molecule has 0 unspecified atom stereocenters. The minimum atomic E-state index is 0. The Labute approximate surface area is 68.4 Å². The van der Waals surface area contributed by atoms with Gasteiger partial charge in [0.25, 0.3) is 0 Å². The normalized spacial score (nSPS) is 1.00. The SMILES string of the molecule is O.[Ca+2].[H-].[H-].[O]=[W]. The fourth-order valence-electron chi connectivity index (χ4n) is 0. The Morgan fingerprint density at radius 2 is 1.50 bits per heavy atom. The predicted molar refractivity (Wildman–Crippen MR) is 12.3 cm³/mol. The molecule has 0 saturated heterocycles. The van der Waals surface area contributed by atoms with E-state index in [1.807, 2.05) is 0 Å². The molecule has 0 heterocycles. The van der Waals surface area contributed by atoms with E-state index in [4.69, 9.17) is 3.40 Å². The van der Waals surface area contributed by atoms with Crippen molar-refractivity contribution >= 4 is 37.7 Å². The van der Waals surface area contributed by atoms with Gasteiger partial charge in [-0.1, -0.05) is 0 Å². The number of hydrogen-bond donors (Lipinski definition) is 0. The monoisotopic (exact) mass is 260 g/mol. The van der Waals surface area contributed by atoms with Crippen LogP contribution >= 0.6 is 0 Å². The van der Waals surface area contributed by atoms with Crippen molar-refractivity contribution in [3.05, 3.63) is 0 Å². The van der Waals surface area contributed by atoms with E-state index in [1.54, 1.807) is 0 Å². The number of rotatable bonds is 0. The van der Waals surface area contributed by atoms with E-state index < -0.39 is 0 Å². The second kappa shape index (κ2) is 22.2. The molecular formula is H4CaO2W. The summed E-state index contributed by atoms with van der Waals surface area (Å²) in [6.07, 6.45) is 0. The zero-order chi connectivity index (χ0) is 2.00. The third-order valence-corrected chi connectivity index (χ3v) is 0. The molecule has 0 spiro atoms. The zero-order valence-electron chi connectivity index (χ0n) is 4.02. The molecule has 0 fully saturated rings. The van der Waals surface area contributed by atoms with E-state index in [-0.39, 0.29) is 46.1 Å². The molecule has 0 aliphatic rings. The Morgan fingerprint density at radius 1 is 1.50 bits per heavy atom. The summed E-state index contributed by atoms with van der Waals surface area (Å²) in [6.45, 7) is 0. The van der Waals surface area contributed by atoms with Gasteiger partial charge in [-0.15, -0.1) is 0 Å². The van der Waals surface area contributed by atoms with Crippen molar-refractivity contribution in [1.29, 1.82) is 0 Å². The van der Waals surface area contributed by atoms with Crippen LogP contribution in [0.25, 0.3) is 0 Å². The van der Waals surface area contributed by atoms with Gasteiger partial charge in [0.2, 0.25) is 0 Å². The Morgan fingerprint density at radius 3 is 1.50 bits per heavy atom. The fourth-order valence-corrected chi connectivity index (χ4v) is 0. The van der Waals surface area contributed by atoms with Crippen molar-refractivity contribution in [1.82, 2.24) is 0 Å². The van der Waals surface area contributed by atoms with Gasteiger partial charge in [0.15, 0.2) is 0 Å². The minimum absolute atomic E-state index is 0. The summed E-state index contributed by atoms with van der Waals surface area (Å²) in [5, 5.41) is 0. The van der Waals surface area contributed by atoms with Crippen molar-refractivity contribution < 1.29 is 31.5 Å². The van der Waals surface area contributed by atoms with E-state index in [0.29, 0.717) is 19.8 Å². The molecule has 4 heavy (non-hydrogen) atoms. The second-order valence-corrected chi connectivity index (χ2v) is 0. The third kappa shape index (κ3) is 9.32. The van der Waals surface area contributed by atoms with E-state index in [9.17, 15) is 0 Å². The first-order valence-electron chi connectivity index (χ1n) is 0.167. The van der Waals surface area contributed by atoms with Crippen LogP contribution in [-0.4, -0.2) is 43.2 Å². The molecule has 24 valence electrons. The van der Waals surface area contributed by atoms with Crippen LogP contribution in [0.3, 0.4) is 0 Å². The quantitative estimate of drug-likeness (QED) is 0.510. The average molecular weight is 260 g/mol. The van der Waals surface area contributed by atoms with Gasteiger partial charge < -0.3 is 8.33 Å². The van der Waals surface area contributed by atoms with Crippen molar-refractivity contribution in [3.63, 3.8) is 0 Å². The van der Waals surface area contributed by atoms with Gasteiger partial charge in [0, 0.05) is 0 Å². The van der Waals surface area contributed by atoms with E-state index in [1.165, 1.54) is 0 Å². The molecule has 2 N–H and O–H groups in total. The van der Waals surface area contributed by atoms with Crippen LogP contribution in [0, 0.1) is 0 Å². The average Bonchev–Trinajstić information content (AvgIpc) is 1.00. The molecule has 4 heteroatoms. The predicted octanol–water partition coefficient (Wildman–Crippen LogP) is -1.10. The van der Waals surface area contributed by atoms with Crippen LogP contribution in [0.2, 0.25) is 0 Å². The molecule has 2 nitrogen and oxygen atoms in total. The molecule has 0 atom stereocenters. The van der Waals surface area contributed by atoms with Gasteiger partial charge >= 0.3 is 60.9 Å². The first kappa shape index (κ1) is 17.3. The van der Waals surface area contributed by atoms with Gasteiger partial charge in [0.05, 0.1) is 0 Å². The summed E-state index contributed by atoms with van der Waals surface area (Å²) >= 11 is 0.333. The van der Waals surface area contributed by atoms with Crippen LogP contribution in [0.4, 0.5) is 0 Å². The first-order valence-corrected chi connectivity index (χ1v) is 1.36. The van der Waals surface area contributed by atoms with Gasteiger partial charge in [-0.25, -0.2) is 0 Å². The van der Waals surface area contributed by atoms with Crippen molar-refractivity contribution in [3.8, 4) is 0 Å². The molecular weight excluding hydrogens is 256 g/mol. The van der Waals surface area contributed by atoms with E-state index in [2.05, 4.69) is 0 Å². The van der Waals surface area contributed by atoms with Crippen LogP contribution in [0.15, 0.2) is 0 Å². The number of hydrogen-bond acceptors (Lipinski definition) is 1. The molecule has 0 rings (SSSR count). The topological polar surface area (TPSA) is 48.6 Å². The van der Waals surface area contributed by atoms with Gasteiger partial charge in [-0.05, 0) is 0 Å². The Kier molecular flexibility index (Phi) is 95.7. The molecule has 0 aliphatic heterocycles. The summed E-state index contributed by atoms with van der Waals surface area (Å²) in [4.78, 5) is 0. The van der Waals surface area contributed by atoms with E-state index >= 15 is 0 Å². The van der Waals surface area contributed by atoms with Gasteiger partial charge in [-0.2, -0.15) is 0 Å². The fraction of sp³-hybridized carbons (Fsp3) is 0. The van der Waals surface area contributed by atoms with Gasteiger partial charge in [0.1, 0.15) is 0 Å². The summed E-state index contributed by atoms with van der Waals surface area (Å²) in [5.41, 5.74) is 0. The van der Waals surface area contributed by atoms with E-state index in [0.717, 1.165) is 0 Å². The maximum atomic E-state index is 8.33. The summed E-state index contributed by atoms with van der Waals surface area (Å²) in [7, 11) is 0. The molecule has 0 bridgehead atoms.